The van der Waals surface area contributed by atoms with Crippen LogP contribution in [0, 0.1) is 0 Å². The number of thioether (sulfide) groups is 1. The van der Waals surface area contributed by atoms with E-state index in [-0.39, 0.29) is 11.5 Å². The summed E-state index contributed by atoms with van der Waals surface area (Å²) in [7, 11) is 0. The molecule has 0 amide bonds. The van der Waals surface area contributed by atoms with E-state index in [0.717, 1.165) is 14.5 Å². The summed E-state index contributed by atoms with van der Waals surface area (Å²) in [6, 6.07) is 14.9. The second kappa shape index (κ2) is 7.50. The predicted octanol–water partition coefficient (Wildman–Crippen LogP) is 4.16. The molecule has 3 aromatic rings. The van der Waals surface area contributed by atoms with Gasteiger partial charge in [-0.2, -0.15) is 0 Å². The quantitative estimate of drug-likeness (QED) is 0.346. The summed E-state index contributed by atoms with van der Waals surface area (Å²) in [5.41, 5.74) is 1.52. The Morgan fingerprint density at radius 1 is 1.00 bits per heavy atom. The maximum atomic E-state index is 12.2. The third-order valence-corrected chi connectivity index (χ3v) is 5.27. The van der Waals surface area contributed by atoms with Crippen LogP contribution < -0.4 is 5.84 Å². The number of ketones is 1. The molecule has 0 radical (unpaired) electrons. The average molecular weight is 468 g/mol. The van der Waals surface area contributed by atoms with Gasteiger partial charge in [0.25, 0.3) is 0 Å². The largest absolute Gasteiger partial charge is 0.335 e. The molecule has 0 atom stereocenters. The van der Waals surface area contributed by atoms with E-state index < -0.39 is 0 Å². The van der Waals surface area contributed by atoms with E-state index in [1.165, 1.54) is 16.4 Å². The van der Waals surface area contributed by atoms with Crippen LogP contribution in [0.3, 0.4) is 0 Å². The molecular weight excluding hydrogens is 456 g/mol. The van der Waals surface area contributed by atoms with Gasteiger partial charge in [0, 0.05) is 20.1 Å². The summed E-state index contributed by atoms with van der Waals surface area (Å²) in [5, 5.41) is 8.68. The molecule has 2 N–H and O–H groups in total. The number of hydrogen-bond acceptors (Lipinski definition) is 5. The van der Waals surface area contributed by atoms with Crippen molar-refractivity contribution in [3.63, 3.8) is 0 Å². The summed E-state index contributed by atoms with van der Waals surface area (Å²) in [5.74, 6) is 6.88. The highest BCUT2D eigenvalue weighted by Gasteiger charge is 2.14. The number of rotatable bonds is 5. The number of carbonyl (C=O) groups excluding carboxylic acids is 1. The summed E-state index contributed by atoms with van der Waals surface area (Å²) in [4.78, 5) is 12.2. The van der Waals surface area contributed by atoms with E-state index >= 15 is 0 Å². The normalized spacial score (nSPS) is 10.8. The summed E-state index contributed by atoms with van der Waals surface area (Å²) in [6.45, 7) is 0. The van der Waals surface area contributed by atoms with Crippen LogP contribution in [-0.4, -0.2) is 26.4 Å². The number of benzene rings is 2. The minimum atomic E-state index is 0.0145. The number of nitrogens with two attached hydrogens (primary N) is 1. The zero-order valence-electron chi connectivity index (χ0n) is 12.3. The van der Waals surface area contributed by atoms with Gasteiger partial charge in [-0.05, 0) is 24.3 Å². The molecule has 1 aromatic heterocycles. The lowest BCUT2D eigenvalue weighted by molar-refractivity contribution is 0.102. The first kappa shape index (κ1) is 17.2. The number of aromatic nitrogens is 3. The lowest BCUT2D eigenvalue weighted by Gasteiger charge is -2.04. The molecule has 8 heteroatoms. The predicted molar refractivity (Wildman–Crippen MR) is 103 cm³/mol. The Hall–Kier alpha value is -1.64. The van der Waals surface area contributed by atoms with Gasteiger partial charge >= 0.3 is 0 Å². The second-order valence-corrected chi connectivity index (χ2v) is 7.68. The highest BCUT2D eigenvalue weighted by atomic mass is 79.9. The highest BCUT2D eigenvalue weighted by molar-refractivity contribution is 9.10. The minimum absolute atomic E-state index is 0.0145. The maximum Gasteiger partial charge on any atom is 0.210 e. The lowest BCUT2D eigenvalue weighted by Crippen LogP contribution is -2.12. The summed E-state index contributed by atoms with van der Waals surface area (Å²) in [6.07, 6.45) is 0. The van der Waals surface area contributed by atoms with E-state index in [1.807, 2.05) is 36.4 Å². The smallest absolute Gasteiger partial charge is 0.210 e. The van der Waals surface area contributed by atoms with E-state index in [0.29, 0.717) is 16.5 Å². The van der Waals surface area contributed by atoms with Gasteiger partial charge in [-0.15, -0.1) is 10.2 Å². The van der Waals surface area contributed by atoms with Crippen molar-refractivity contribution >= 4 is 49.4 Å². The van der Waals surface area contributed by atoms with Crippen molar-refractivity contribution < 1.29 is 4.79 Å². The summed E-state index contributed by atoms with van der Waals surface area (Å²) >= 11 is 8.01. The van der Waals surface area contributed by atoms with Gasteiger partial charge < -0.3 is 5.84 Å². The van der Waals surface area contributed by atoms with E-state index in [2.05, 4.69) is 42.1 Å². The Kier molecular flexibility index (Phi) is 5.37. The standard InChI is InChI=1S/C16H12Br2N4OS/c17-12-5-1-10(2-6-12)14(23)9-24-16-21-20-15(22(16)19)11-3-7-13(18)8-4-11/h1-8H,9,19H2. The number of nitrogen functional groups attached to an aromatic ring is 1. The molecule has 0 saturated carbocycles. The van der Waals surface area contributed by atoms with Gasteiger partial charge in [0.15, 0.2) is 11.6 Å². The molecule has 0 aliphatic rings. The Bertz CT molecular complexity index is 863. The molecule has 0 saturated heterocycles. The molecule has 0 aliphatic heterocycles. The van der Waals surface area contributed by atoms with Crippen LogP contribution in [0.25, 0.3) is 11.4 Å². The van der Waals surface area contributed by atoms with Crippen LogP contribution >= 0.6 is 43.6 Å². The van der Waals surface area contributed by atoms with E-state index in [9.17, 15) is 4.79 Å². The van der Waals surface area contributed by atoms with Crippen molar-refractivity contribution in [1.82, 2.24) is 14.9 Å². The van der Waals surface area contributed by atoms with Crippen LogP contribution in [0.4, 0.5) is 0 Å². The van der Waals surface area contributed by atoms with Crippen molar-refractivity contribution in [2.45, 2.75) is 5.16 Å². The van der Waals surface area contributed by atoms with Crippen LogP contribution in [0.1, 0.15) is 10.4 Å². The second-order valence-electron chi connectivity index (χ2n) is 4.90. The fourth-order valence-corrected chi connectivity index (χ4v) is 3.30. The lowest BCUT2D eigenvalue weighted by atomic mass is 10.2. The van der Waals surface area contributed by atoms with E-state index in [1.54, 1.807) is 12.1 Å². The average Bonchev–Trinajstić information content (AvgIpc) is 2.95. The Morgan fingerprint density at radius 3 is 2.21 bits per heavy atom. The first-order valence-electron chi connectivity index (χ1n) is 6.92. The topological polar surface area (TPSA) is 73.8 Å². The van der Waals surface area contributed by atoms with Gasteiger partial charge in [0.05, 0.1) is 5.75 Å². The van der Waals surface area contributed by atoms with Gasteiger partial charge in [-0.3, -0.25) is 4.79 Å². The van der Waals surface area contributed by atoms with Crippen molar-refractivity contribution in [3.05, 3.63) is 63.0 Å². The van der Waals surface area contributed by atoms with Crippen molar-refractivity contribution in [3.8, 4) is 11.4 Å². The molecule has 0 unspecified atom stereocenters. The molecule has 0 aliphatic carbocycles. The van der Waals surface area contributed by atoms with Crippen LogP contribution in [0.2, 0.25) is 0 Å². The minimum Gasteiger partial charge on any atom is -0.335 e. The Balaban J connectivity index is 1.71. The van der Waals surface area contributed by atoms with Crippen molar-refractivity contribution in [2.75, 3.05) is 11.6 Å². The Labute approximate surface area is 159 Å². The molecule has 1 heterocycles. The molecule has 0 fully saturated rings. The third-order valence-electron chi connectivity index (χ3n) is 3.27. The molecule has 2 aromatic carbocycles. The number of nitrogens with zero attached hydrogens (tertiary/aromatic N) is 3. The highest BCUT2D eigenvalue weighted by Crippen LogP contribution is 2.23. The van der Waals surface area contributed by atoms with Gasteiger partial charge in [0.2, 0.25) is 5.16 Å². The molecule has 122 valence electrons. The zero-order valence-corrected chi connectivity index (χ0v) is 16.3. The fourth-order valence-electron chi connectivity index (χ4n) is 2.02. The van der Waals surface area contributed by atoms with Gasteiger partial charge in [-0.25, -0.2) is 4.68 Å². The number of hydrogen-bond donors (Lipinski definition) is 1. The Morgan fingerprint density at radius 2 is 1.58 bits per heavy atom. The number of carbonyl (C=O) groups is 1. The number of Topliss-reactive ketones (excluding diaryl/α,β-unsaturated/α-hetero) is 1. The molecule has 3 rings (SSSR count). The van der Waals surface area contributed by atoms with E-state index in [4.69, 9.17) is 5.84 Å². The van der Waals surface area contributed by atoms with Crippen LogP contribution in [0.15, 0.2) is 62.6 Å². The third kappa shape index (κ3) is 3.88. The van der Waals surface area contributed by atoms with Crippen molar-refractivity contribution in [1.29, 1.82) is 0 Å². The first-order valence-corrected chi connectivity index (χ1v) is 9.50. The monoisotopic (exact) mass is 466 g/mol. The van der Waals surface area contributed by atoms with Crippen LogP contribution in [0.5, 0.6) is 0 Å². The molecule has 24 heavy (non-hydrogen) atoms. The molecular formula is C16H12Br2N4OS. The molecule has 5 nitrogen and oxygen atoms in total. The van der Waals surface area contributed by atoms with Crippen molar-refractivity contribution in [2.24, 2.45) is 0 Å². The van der Waals surface area contributed by atoms with Gasteiger partial charge in [0.1, 0.15) is 0 Å². The molecule has 0 spiro atoms. The van der Waals surface area contributed by atoms with Gasteiger partial charge in [-0.1, -0.05) is 67.9 Å². The fraction of sp³-hybridized carbons (Fsp3) is 0.0625. The summed E-state index contributed by atoms with van der Waals surface area (Å²) < 4.78 is 3.32. The van der Waals surface area contributed by atoms with Crippen LogP contribution in [-0.2, 0) is 0 Å². The molecule has 0 bridgehead atoms. The SMILES string of the molecule is Nn1c(SCC(=O)c2ccc(Br)cc2)nnc1-c1ccc(Br)cc1. The maximum absolute atomic E-state index is 12.2. The first-order chi connectivity index (χ1) is 11.5. The number of halogens is 2. The zero-order chi connectivity index (χ0) is 17.1.